The molecule has 7 heterocycles. The summed E-state index contributed by atoms with van der Waals surface area (Å²) < 4.78 is 17.6. The largest absolute Gasteiger partial charge is 0.382 e. The molecule has 4 N–H and O–H groups in total. The number of hydrogen-bond donors (Lipinski definition) is 3. The average molecular weight is 631 g/mol. The van der Waals surface area contributed by atoms with Crippen LogP contribution in [0.5, 0.6) is 0 Å². The number of halogens is 2. The van der Waals surface area contributed by atoms with Crippen LogP contribution < -0.4 is 21.3 Å². The third-order valence-corrected chi connectivity index (χ3v) is 10.4. The van der Waals surface area contributed by atoms with Gasteiger partial charge in [-0.1, -0.05) is 11.6 Å². The summed E-state index contributed by atoms with van der Waals surface area (Å²) in [6, 6.07) is 8.88. The zero-order valence-corrected chi connectivity index (χ0v) is 25.7. The fourth-order valence-electron chi connectivity index (χ4n) is 7.47. The van der Waals surface area contributed by atoms with Crippen LogP contribution in [0.1, 0.15) is 29.6 Å². The second-order valence-electron chi connectivity index (χ2n) is 12.9. The molecule has 0 bridgehead atoms. The number of aromatic nitrogens is 4. The highest BCUT2D eigenvalue weighted by atomic mass is 35.5. The Hall–Kier alpha value is -3.84. The van der Waals surface area contributed by atoms with Crippen molar-refractivity contribution in [1.29, 1.82) is 0 Å². The fourth-order valence-corrected chi connectivity index (χ4v) is 7.63. The van der Waals surface area contributed by atoms with Crippen LogP contribution in [0, 0.1) is 11.2 Å². The van der Waals surface area contributed by atoms with Gasteiger partial charge in [0.1, 0.15) is 28.7 Å². The van der Waals surface area contributed by atoms with Crippen LogP contribution >= 0.6 is 11.6 Å². The second kappa shape index (κ2) is 11.2. The van der Waals surface area contributed by atoms with Gasteiger partial charge in [0.2, 0.25) is 5.95 Å². The minimum absolute atomic E-state index is 0.147. The quantitative estimate of drug-likeness (QED) is 0.295. The van der Waals surface area contributed by atoms with Crippen LogP contribution in [0.2, 0.25) is 5.02 Å². The van der Waals surface area contributed by atoms with Crippen molar-refractivity contribution in [3.63, 3.8) is 0 Å². The molecule has 4 fully saturated rings. The standard InChI is InChI=1S/C32H36ClFN10O/c33-21-3-7-37-26(14-21)39-30(45)20-1-2-24(25(34)13-20)27-28-29(35)38-8-12-44(28)31(40-27)41-10-5-32(6-11-41)18-43(19-32)22-4-9-42(17-22)23-15-36-16-23/h1-3,7-8,12-14,22-23,36H,4-6,9-11,15-19H2,(H2,35,38)(H,37,39,45)/t22-/m1/s1. The molecule has 11 nitrogen and oxygen atoms in total. The summed E-state index contributed by atoms with van der Waals surface area (Å²) >= 11 is 6.00. The zero-order valence-electron chi connectivity index (χ0n) is 24.9. The number of likely N-dealkylation sites (tertiary alicyclic amines) is 2. The molecule has 4 saturated heterocycles. The van der Waals surface area contributed by atoms with Crippen molar-refractivity contribution < 1.29 is 9.18 Å². The molecule has 1 aromatic carbocycles. The summed E-state index contributed by atoms with van der Waals surface area (Å²) in [7, 11) is 0. The van der Waals surface area contributed by atoms with Gasteiger partial charge in [-0.15, -0.1) is 0 Å². The number of piperidine rings is 1. The van der Waals surface area contributed by atoms with Crippen LogP contribution in [-0.2, 0) is 0 Å². The first-order chi connectivity index (χ1) is 21.9. The number of carbonyl (C=O) groups excluding carboxylic acids is 1. The molecule has 4 aromatic rings. The molecule has 0 saturated carbocycles. The van der Waals surface area contributed by atoms with Gasteiger partial charge in [-0.3, -0.25) is 19.0 Å². The second-order valence-corrected chi connectivity index (χ2v) is 13.4. The van der Waals surface area contributed by atoms with E-state index in [1.54, 1.807) is 24.4 Å². The Labute approximate surface area is 265 Å². The van der Waals surface area contributed by atoms with E-state index in [4.69, 9.17) is 22.3 Å². The number of nitrogens with one attached hydrogen (secondary N) is 2. The molecule has 8 rings (SSSR count). The normalized spacial score (nSPS) is 22.1. The van der Waals surface area contributed by atoms with Crippen molar-refractivity contribution >= 4 is 40.6 Å². The first-order valence-corrected chi connectivity index (χ1v) is 16.0. The van der Waals surface area contributed by atoms with Gasteiger partial charge >= 0.3 is 0 Å². The Morgan fingerprint density at radius 1 is 1.04 bits per heavy atom. The predicted molar refractivity (Wildman–Crippen MR) is 172 cm³/mol. The molecule has 3 aromatic heterocycles. The highest BCUT2D eigenvalue weighted by Crippen LogP contribution is 2.44. The van der Waals surface area contributed by atoms with Crippen molar-refractivity contribution in [3.8, 4) is 11.3 Å². The molecule has 234 valence electrons. The number of benzene rings is 1. The number of fused-ring (bicyclic) bond motifs is 1. The lowest BCUT2D eigenvalue weighted by atomic mass is 9.71. The molecule has 4 aliphatic heterocycles. The van der Waals surface area contributed by atoms with Crippen LogP contribution in [0.15, 0.2) is 48.9 Å². The predicted octanol–water partition coefficient (Wildman–Crippen LogP) is 3.37. The maximum atomic E-state index is 15.7. The summed E-state index contributed by atoms with van der Waals surface area (Å²) in [5.41, 5.74) is 8.06. The van der Waals surface area contributed by atoms with Crippen molar-refractivity contribution in [2.24, 2.45) is 5.41 Å². The summed E-state index contributed by atoms with van der Waals surface area (Å²) in [5, 5.41) is 6.49. The number of amides is 1. The number of rotatable bonds is 6. The van der Waals surface area contributed by atoms with Crippen molar-refractivity contribution in [2.45, 2.75) is 31.3 Å². The highest BCUT2D eigenvalue weighted by molar-refractivity contribution is 6.30. The molecule has 1 amide bonds. The van der Waals surface area contributed by atoms with E-state index in [-0.39, 0.29) is 22.8 Å². The highest BCUT2D eigenvalue weighted by Gasteiger charge is 2.48. The monoisotopic (exact) mass is 630 g/mol. The van der Waals surface area contributed by atoms with Crippen molar-refractivity contribution in [1.82, 2.24) is 34.5 Å². The summed E-state index contributed by atoms with van der Waals surface area (Å²) in [6.07, 6.45) is 8.42. The van der Waals surface area contributed by atoms with E-state index >= 15 is 4.39 Å². The number of nitrogens with zero attached hydrogens (tertiary/aromatic N) is 7. The SMILES string of the molecule is Nc1nccn2c(N3CCC4(CC3)CN([C@@H]3CCN(C5CNC5)C3)C4)nc(-c3ccc(C(=O)Nc4cc(Cl)ccn4)cc3F)c12. The maximum Gasteiger partial charge on any atom is 0.256 e. The summed E-state index contributed by atoms with van der Waals surface area (Å²) in [6.45, 7) is 8.78. The van der Waals surface area contributed by atoms with E-state index in [0.29, 0.717) is 27.7 Å². The molecular formula is C32H36ClFN10O. The molecule has 0 radical (unpaired) electrons. The lowest BCUT2D eigenvalue weighted by Crippen LogP contribution is -2.64. The van der Waals surface area contributed by atoms with E-state index in [1.807, 2.05) is 10.6 Å². The van der Waals surface area contributed by atoms with Crippen LogP contribution in [0.3, 0.4) is 0 Å². The lowest BCUT2D eigenvalue weighted by molar-refractivity contribution is -0.0455. The van der Waals surface area contributed by atoms with Crippen LogP contribution in [0.25, 0.3) is 16.8 Å². The van der Waals surface area contributed by atoms with Crippen LogP contribution in [-0.4, -0.2) is 99.5 Å². The number of anilines is 3. The number of carbonyl (C=O) groups is 1. The number of imidazole rings is 1. The van der Waals surface area contributed by atoms with Gasteiger partial charge in [0.25, 0.3) is 5.91 Å². The fraction of sp³-hybridized carbons (Fsp3) is 0.438. The summed E-state index contributed by atoms with van der Waals surface area (Å²) in [5.74, 6) is 0.206. The topological polar surface area (TPSA) is 120 Å². The van der Waals surface area contributed by atoms with Gasteiger partial charge in [-0.05, 0) is 55.0 Å². The smallest absolute Gasteiger partial charge is 0.256 e. The molecule has 1 spiro atoms. The van der Waals surface area contributed by atoms with Crippen LogP contribution in [0.4, 0.5) is 22.0 Å². The van der Waals surface area contributed by atoms with Crippen molar-refractivity contribution in [2.75, 3.05) is 68.3 Å². The third-order valence-electron chi connectivity index (χ3n) is 10.2. The van der Waals surface area contributed by atoms with E-state index in [1.165, 1.54) is 50.9 Å². The molecule has 0 aliphatic carbocycles. The zero-order chi connectivity index (χ0) is 30.7. The average Bonchev–Trinajstić information content (AvgIpc) is 3.61. The Balaban J connectivity index is 0.979. The molecule has 0 unspecified atom stereocenters. The van der Waals surface area contributed by atoms with Gasteiger partial charge in [0, 0.05) is 99.2 Å². The number of hydrogen-bond acceptors (Lipinski definition) is 9. The number of pyridine rings is 1. The van der Waals surface area contributed by atoms with Gasteiger partial charge in [0.15, 0.2) is 0 Å². The first-order valence-electron chi connectivity index (χ1n) is 15.6. The molecular weight excluding hydrogens is 595 g/mol. The van der Waals surface area contributed by atoms with Gasteiger partial charge in [0.05, 0.1) is 0 Å². The molecule has 4 aliphatic rings. The van der Waals surface area contributed by atoms with E-state index in [9.17, 15) is 4.79 Å². The van der Waals surface area contributed by atoms with Gasteiger partial charge in [-0.2, -0.15) is 0 Å². The van der Waals surface area contributed by atoms with E-state index in [0.717, 1.165) is 51.0 Å². The minimum atomic E-state index is -0.581. The Bertz CT molecular complexity index is 1760. The van der Waals surface area contributed by atoms with E-state index < -0.39 is 11.7 Å². The number of nitrogen functional groups attached to an aromatic ring is 1. The minimum Gasteiger partial charge on any atom is -0.382 e. The molecule has 13 heteroatoms. The third kappa shape index (κ3) is 5.19. The lowest BCUT2D eigenvalue weighted by Gasteiger charge is -2.56. The van der Waals surface area contributed by atoms with Gasteiger partial charge in [-0.25, -0.2) is 19.3 Å². The van der Waals surface area contributed by atoms with Gasteiger partial charge < -0.3 is 21.3 Å². The molecule has 45 heavy (non-hydrogen) atoms. The Kier molecular flexibility index (Phi) is 7.12. The van der Waals surface area contributed by atoms with Crippen molar-refractivity contribution in [3.05, 3.63) is 65.3 Å². The summed E-state index contributed by atoms with van der Waals surface area (Å²) in [4.78, 5) is 33.8. The Morgan fingerprint density at radius 2 is 1.87 bits per heavy atom. The molecule has 1 atom stereocenters. The van der Waals surface area contributed by atoms with E-state index in [2.05, 4.69) is 35.3 Å². The Morgan fingerprint density at radius 3 is 2.60 bits per heavy atom. The maximum absolute atomic E-state index is 15.7. The first kappa shape index (κ1) is 28.6. The number of nitrogens with two attached hydrogens (primary N) is 1.